The van der Waals surface area contributed by atoms with Gasteiger partial charge in [-0.05, 0) is 34.1 Å². The zero-order valence-electron chi connectivity index (χ0n) is 10.9. The number of ether oxygens (including phenoxy) is 1. The Morgan fingerprint density at radius 2 is 2.15 bits per heavy atom. The number of hydrogen-bond acceptors (Lipinski definition) is 4. The van der Waals surface area contributed by atoms with Crippen LogP contribution in [0.5, 0.6) is 0 Å². The van der Waals surface area contributed by atoms with Crippen LogP contribution in [0.15, 0.2) is 22.7 Å². The zero-order valence-corrected chi connectivity index (χ0v) is 14.0. The molecule has 0 aliphatic carbocycles. The molecule has 0 heterocycles. The Morgan fingerprint density at radius 3 is 2.70 bits per heavy atom. The minimum absolute atomic E-state index is 0.0182. The summed E-state index contributed by atoms with van der Waals surface area (Å²) in [5.74, 6) is -0.472. The predicted octanol–water partition coefficient (Wildman–Crippen LogP) is 2.25. The molecule has 0 aromatic heterocycles. The van der Waals surface area contributed by atoms with Gasteiger partial charge in [-0.15, -0.1) is 0 Å². The second kappa shape index (κ2) is 7.26. The molecule has 0 atom stereocenters. The smallest absolute Gasteiger partial charge is 0.306 e. The molecule has 0 aliphatic heterocycles. The lowest BCUT2D eigenvalue weighted by atomic mass is 10.3. The second-order valence-electron chi connectivity index (χ2n) is 3.88. The van der Waals surface area contributed by atoms with Gasteiger partial charge in [0.1, 0.15) is 0 Å². The number of esters is 1. The molecule has 0 aliphatic rings. The first-order valence-corrected chi connectivity index (χ1v) is 8.13. The number of halogens is 2. The summed E-state index contributed by atoms with van der Waals surface area (Å²) in [7, 11) is -1.13. The highest BCUT2D eigenvalue weighted by atomic mass is 79.9. The van der Waals surface area contributed by atoms with Gasteiger partial charge in [0.25, 0.3) is 0 Å². The summed E-state index contributed by atoms with van der Waals surface area (Å²) in [4.78, 5) is 11.0. The molecule has 6 nitrogen and oxygen atoms in total. The van der Waals surface area contributed by atoms with Crippen molar-refractivity contribution in [2.24, 2.45) is 0 Å². The fourth-order valence-corrected chi connectivity index (χ4v) is 3.12. The van der Waals surface area contributed by atoms with Gasteiger partial charge < -0.3 is 4.74 Å². The number of anilines is 1. The number of hydrogen-bond donors (Lipinski definition) is 1. The molecule has 0 amide bonds. The van der Waals surface area contributed by atoms with E-state index < -0.39 is 16.2 Å². The van der Waals surface area contributed by atoms with E-state index in [1.54, 1.807) is 12.1 Å². The van der Waals surface area contributed by atoms with Crippen molar-refractivity contribution in [1.82, 2.24) is 4.31 Å². The van der Waals surface area contributed by atoms with Crippen LogP contribution in [-0.4, -0.2) is 39.4 Å². The van der Waals surface area contributed by atoms with Crippen molar-refractivity contribution < 1.29 is 17.9 Å². The molecule has 20 heavy (non-hydrogen) atoms. The number of benzene rings is 1. The molecule has 1 N–H and O–H groups in total. The van der Waals surface area contributed by atoms with Crippen molar-refractivity contribution in [3.8, 4) is 0 Å². The predicted molar refractivity (Wildman–Crippen MR) is 81.0 cm³/mol. The Balaban J connectivity index is 2.76. The maximum Gasteiger partial charge on any atom is 0.306 e. The standard InChI is InChI=1S/C11H14BrClN2O4S/c1-15(6-5-11(16)19-2)20(17,18)14-10-4-3-8(13)7-9(10)12/h3-4,7,14H,5-6H2,1-2H3. The first-order chi connectivity index (χ1) is 9.26. The van der Waals surface area contributed by atoms with E-state index in [1.807, 2.05) is 0 Å². The minimum Gasteiger partial charge on any atom is -0.469 e. The van der Waals surface area contributed by atoms with E-state index >= 15 is 0 Å². The van der Waals surface area contributed by atoms with Gasteiger partial charge in [0.05, 0.1) is 19.2 Å². The molecule has 0 saturated carbocycles. The normalized spacial score (nSPS) is 11.4. The third kappa shape index (κ3) is 4.93. The van der Waals surface area contributed by atoms with Gasteiger partial charge in [0, 0.05) is 23.1 Å². The Labute approximate surface area is 131 Å². The molecule has 1 aromatic rings. The van der Waals surface area contributed by atoms with Gasteiger partial charge in [-0.25, -0.2) is 0 Å². The Bertz CT molecular complexity index is 594. The van der Waals surface area contributed by atoms with Crippen LogP contribution in [-0.2, 0) is 19.7 Å². The minimum atomic E-state index is -3.75. The number of methoxy groups -OCH3 is 1. The average molecular weight is 386 g/mol. The van der Waals surface area contributed by atoms with Crippen LogP contribution in [0.25, 0.3) is 0 Å². The third-order valence-electron chi connectivity index (χ3n) is 2.44. The summed E-state index contributed by atoms with van der Waals surface area (Å²) in [5, 5.41) is 0.485. The fraction of sp³-hybridized carbons (Fsp3) is 0.364. The molecule has 0 bridgehead atoms. The number of nitrogens with one attached hydrogen (secondary N) is 1. The molecule has 1 rings (SSSR count). The van der Waals surface area contributed by atoms with Crippen molar-refractivity contribution >= 4 is 49.4 Å². The highest BCUT2D eigenvalue weighted by Crippen LogP contribution is 2.27. The quantitative estimate of drug-likeness (QED) is 0.762. The van der Waals surface area contributed by atoms with Crippen molar-refractivity contribution in [3.05, 3.63) is 27.7 Å². The van der Waals surface area contributed by atoms with Crippen molar-refractivity contribution in [2.75, 3.05) is 25.4 Å². The molecule has 0 radical (unpaired) electrons. The maximum atomic E-state index is 12.0. The maximum absolute atomic E-state index is 12.0. The first-order valence-electron chi connectivity index (χ1n) is 5.52. The van der Waals surface area contributed by atoms with Gasteiger partial charge in [0.15, 0.2) is 0 Å². The lowest BCUT2D eigenvalue weighted by molar-refractivity contribution is -0.140. The van der Waals surface area contributed by atoms with Gasteiger partial charge in [-0.2, -0.15) is 12.7 Å². The highest BCUT2D eigenvalue weighted by molar-refractivity contribution is 9.10. The molecule has 1 aromatic carbocycles. The van der Waals surface area contributed by atoms with Crippen LogP contribution >= 0.6 is 27.5 Å². The third-order valence-corrected chi connectivity index (χ3v) is 4.81. The summed E-state index contributed by atoms with van der Waals surface area (Å²) in [6.07, 6.45) is -0.0182. The van der Waals surface area contributed by atoms with Gasteiger partial charge >= 0.3 is 16.2 Å². The summed E-state index contributed by atoms with van der Waals surface area (Å²) in [5.41, 5.74) is 0.360. The number of carbonyl (C=O) groups excluding carboxylic acids is 1. The fourth-order valence-electron chi connectivity index (χ4n) is 1.26. The van der Waals surface area contributed by atoms with Gasteiger partial charge in [0.2, 0.25) is 0 Å². The van der Waals surface area contributed by atoms with Crippen molar-refractivity contribution in [1.29, 1.82) is 0 Å². The Morgan fingerprint density at radius 1 is 1.50 bits per heavy atom. The monoisotopic (exact) mass is 384 g/mol. The first kappa shape index (κ1) is 17.2. The summed E-state index contributed by atoms with van der Waals surface area (Å²) >= 11 is 9.00. The lowest BCUT2D eigenvalue weighted by Gasteiger charge is -2.18. The van der Waals surface area contributed by atoms with E-state index in [1.165, 1.54) is 20.2 Å². The molecule has 0 unspecified atom stereocenters. The Hall–Kier alpha value is -0.830. The molecule has 112 valence electrons. The van der Waals surface area contributed by atoms with E-state index in [0.29, 0.717) is 15.2 Å². The van der Waals surface area contributed by atoms with Crippen LogP contribution in [0.4, 0.5) is 5.69 Å². The topological polar surface area (TPSA) is 75.7 Å². The highest BCUT2D eigenvalue weighted by Gasteiger charge is 2.19. The summed E-state index contributed by atoms with van der Waals surface area (Å²) in [6, 6.07) is 4.69. The van der Waals surface area contributed by atoms with Crippen molar-refractivity contribution in [3.63, 3.8) is 0 Å². The molecule has 0 fully saturated rings. The van der Waals surface area contributed by atoms with E-state index in [9.17, 15) is 13.2 Å². The number of carbonyl (C=O) groups is 1. The van der Waals surface area contributed by atoms with Crippen LogP contribution < -0.4 is 4.72 Å². The molecule has 0 spiro atoms. The lowest BCUT2D eigenvalue weighted by Crippen LogP contribution is -2.34. The average Bonchev–Trinajstić information content (AvgIpc) is 2.38. The molecular weight excluding hydrogens is 372 g/mol. The molecule has 9 heteroatoms. The van der Waals surface area contributed by atoms with Crippen LogP contribution in [0.1, 0.15) is 6.42 Å². The molecular formula is C11H14BrClN2O4S. The number of rotatable bonds is 6. The van der Waals surface area contributed by atoms with E-state index in [2.05, 4.69) is 25.4 Å². The van der Waals surface area contributed by atoms with Crippen molar-refractivity contribution in [2.45, 2.75) is 6.42 Å². The SMILES string of the molecule is COC(=O)CCN(C)S(=O)(=O)Nc1ccc(Cl)cc1Br. The second-order valence-corrected chi connectivity index (χ2v) is 6.95. The van der Waals surface area contributed by atoms with Crippen LogP contribution in [0.3, 0.4) is 0 Å². The Kier molecular flexibility index (Phi) is 6.25. The van der Waals surface area contributed by atoms with E-state index in [0.717, 1.165) is 4.31 Å². The van der Waals surface area contributed by atoms with Gasteiger partial charge in [-0.1, -0.05) is 11.6 Å². The van der Waals surface area contributed by atoms with E-state index in [4.69, 9.17) is 11.6 Å². The number of nitrogens with zero attached hydrogens (tertiary/aromatic N) is 1. The van der Waals surface area contributed by atoms with Crippen LogP contribution in [0.2, 0.25) is 5.02 Å². The summed E-state index contributed by atoms with van der Waals surface area (Å²) < 4.78 is 32.5. The van der Waals surface area contributed by atoms with Gasteiger partial charge in [-0.3, -0.25) is 9.52 Å². The summed E-state index contributed by atoms with van der Waals surface area (Å²) in [6.45, 7) is 0.0210. The largest absolute Gasteiger partial charge is 0.469 e. The zero-order chi connectivity index (χ0) is 15.3. The molecule has 0 saturated heterocycles. The van der Waals surface area contributed by atoms with E-state index in [-0.39, 0.29) is 13.0 Å². The van der Waals surface area contributed by atoms with Crippen LogP contribution in [0, 0.1) is 0 Å².